The Balaban J connectivity index is 2.23. The van der Waals surface area contributed by atoms with Crippen LogP contribution in [0.1, 0.15) is 35.1 Å². The Hall–Kier alpha value is -2.36. The maximum atomic E-state index is 12.1. The lowest BCUT2D eigenvalue weighted by molar-refractivity contribution is 0.0548. The molecule has 0 radical (unpaired) electrons. The molecule has 0 aromatic carbocycles. The summed E-state index contributed by atoms with van der Waals surface area (Å²) in [5, 5.41) is 0. The van der Waals surface area contributed by atoms with Crippen LogP contribution in [0.2, 0.25) is 0 Å². The lowest BCUT2D eigenvalue weighted by atomic mass is 10.2. The molecule has 2 heterocycles. The summed E-state index contributed by atoms with van der Waals surface area (Å²) in [6.07, 6.45) is 8.28. The quantitative estimate of drug-likeness (QED) is 0.622. The fourth-order valence-corrected chi connectivity index (χ4v) is 2.29. The fourth-order valence-electron chi connectivity index (χ4n) is 2.29. The van der Waals surface area contributed by atoms with Crippen molar-refractivity contribution in [3.63, 3.8) is 0 Å². The highest BCUT2D eigenvalue weighted by Crippen LogP contribution is 2.20. The maximum absolute atomic E-state index is 12.1. The third-order valence-electron chi connectivity index (χ3n) is 3.27. The Bertz CT molecular complexity index is 642. The first-order valence-electron chi connectivity index (χ1n) is 7.06. The summed E-state index contributed by atoms with van der Waals surface area (Å²) in [5.41, 5.74) is 3.39. The molecule has 0 aliphatic carbocycles. The molecule has 0 spiro atoms. The van der Waals surface area contributed by atoms with Gasteiger partial charge >= 0.3 is 5.97 Å². The summed E-state index contributed by atoms with van der Waals surface area (Å²) in [6, 6.07) is 5.70. The SMILES string of the molecule is CC/C=C/COC(=O)c1cc(C)n(-c2cccnc2)c1C. The van der Waals surface area contributed by atoms with Gasteiger partial charge in [-0.2, -0.15) is 0 Å². The summed E-state index contributed by atoms with van der Waals surface area (Å²) in [7, 11) is 0. The van der Waals surface area contributed by atoms with Crippen LogP contribution in [0.3, 0.4) is 0 Å². The molecule has 0 unspecified atom stereocenters. The molecule has 21 heavy (non-hydrogen) atoms. The van der Waals surface area contributed by atoms with Gasteiger partial charge in [0.2, 0.25) is 0 Å². The number of aryl methyl sites for hydroxylation is 1. The molecule has 0 saturated heterocycles. The molecule has 0 amide bonds. The zero-order chi connectivity index (χ0) is 15.2. The lowest BCUT2D eigenvalue weighted by Crippen LogP contribution is -2.07. The highest BCUT2D eigenvalue weighted by Gasteiger charge is 2.17. The predicted octanol–water partition coefficient (Wildman–Crippen LogP) is 3.61. The first-order chi connectivity index (χ1) is 10.1. The van der Waals surface area contributed by atoms with Gasteiger partial charge in [-0.25, -0.2) is 4.79 Å². The number of nitrogens with zero attached hydrogens (tertiary/aromatic N) is 2. The smallest absolute Gasteiger partial charge is 0.340 e. The van der Waals surface area contributed by atoms with Gasteiger partial charge in [0.15, 0.2) is 0 Å². The van der Waals surface area contributed by atoms with E-state index in [0.29, 0.717) is 12.2 Å². The second-order valence-electron chi connectivity index (χ2n) is 4.81. The number of pyridine rings is 1. The predicted molar refractivity (Wildman–Crippen MR) is 82.8 cm³/mol. The van der Waals surface area contributed by atoms with Gasteiger partial charge in [0.05, 0.1) is 17.4 Å². The standard InChI is InChI=1S/C17H20N2O2/c1-4-5-6-10-21-17(20)16-11-13(2)19(14(16)3)15-8-7-9-18-12-15/h5-9,11-12H,4,10H2,1-3H3/b6-5+. The van der Waals surface area contributed by atoms with Crippen LogP contribution in [-0.4, -0.2) is 22.1 Å². The molecule has 0 bridgehead atoms. The highest BCUT2D eigenvalue weighted by atomic mass is 16.5. The van der Waals surface area contributed by atoms with E-state index in [4.69, 9.17) is 4.74 Å². The van der Waals surface area contributed by atoms with Crippen molar-refractivity contribution in [3.8, 4) is 5.69 Å². The van der Waals surface area contributed by atoms with Crippen molar-refractivity contribution in [2.75, 3.05) is 6.61 Å². The van der Waals surface area contributed by atoms with Gasteiger partial charge in [-0.15, -0.1) is 0 Å². The molecule has 0 saturated carbocycles. The molecule has 2 rings (SSSR count). The average molecular weight is 284 g/mol. The number of carbonyl (C=O) groups is 1. The zero-order valence-corrected chi connectivity index (χ0v) is 12.7. The topological polar surface area (TPSA) is 44.1 Å². The zero-order valence-electron chi connectivity index (χ0n) is 12.7. The monoisotopic (exact) mass is 284 g/mol. The molecule has 0 aliphatic rings. The normalized spacial score (nSPS) is 11.0. The summed E-state index contributed by atoms with van der Waals surface area (Å²) in [6.45, 7) is 6.23. The molecular formula is C17H20N2O2. The van der Waals surface area contributed by atoms with Gasteiger partial charge in [0.1, 0.15) is 6.61 Å². The minimum absolute atomic E-state index is 0.293. The van der Waals surface area contributed by atoms with Crippen molar-refractivity contribution in [2.45, 2.75) is 27.2 Å². The third-order valence-corrected chi connectivity index (χ3v) is 3.27. The van der Waals surface area contributed by atoms with E-state index < -0.39 is 0 Å². The first kappa shape index (κ1) is 15.0. The van der Waals surface area contributed by atoms with E-state index in [2.05, 4.69) is 4.98 Å². The molecule has 0 N–H and O–H groups in total. The van der Waals surface area contributed by atoms with Crippen LogP contribution in [-0.2, 0) is 4.74 Å². The number of hydrogen-bond acceptors (Lipinski definition) is 3. The molecular weight excluding hydrogens is 264 g/mol. The largest absolute Gasteiger partial charge is 0.458 e. The van der Waals surface area contributed by atoms with Crippen molar-refractivity contribution in [1.29, 1.82) is 0 Å². The van der Waals surface area contributed by atoms with Crippen LogP contribution in [0.5, 0.6) is 0 Å². The Morgan fingerprint density at radius 1 is 1.38 bits per heavy atom. The highest BCUT2D eigenvalue weighted by molar-refractivity contribution is 5.91. The number of allylic oxidation sites excluding steroid dienone is 1. The van der Waals surface area contributed by atoms with Gasteiger partial charge in [0.25, 0.3) is 0 Å². The molecule has 0 fully saturated rings. The Morgan fingerprint density at radius 2 is 2.19 bits per heavy atom. The van der Waals surface area contributed by atoms with Gasteiger partial charge in [-0.1, -0.05) is 19.1 Å². The number of rotatable bonds is 5. The van der Waals surface area contributed by atoms with Crippen LogP contribution in [0.25, 0.3) is 5.69 Å². The molecule has 0 atom stereocenters. The van der Waals surface area contributed by atoms with Crippen molar-refractivity contribution < 1.29 is 9.53 Å². The number of aromatic nitrogens is 2. The van der Waals surface area contributed by atoms with E-state index in [1.807, 2.05) is 55.7 Å². The summed E-state index contributed by atoms with van der Waals surface area (Å²) >= 11 is 0. The summed E-state index contributed by atoms with van der Waals surface area (Å²) < 4.78 is 7.27. The van der Waals surface area contributed by atoms with E-state index in [1.165, 1.54) is 0 Å². The Labute approximate surface area is 125 Å². The van der Waals surface area contributed by atoms with Crippen molar-refractivity contribution in [2.24, 2.45) is 0 Å². The minimum atomic E-state index is -0.293. The number of carbonyl (C=O) groups excluding carboxylic acids is 1. The van der Waals surface area contributed by atoms with Crippen LogP contribution in [0.15, 0.2) is 42.7 Å². The second kappa shape index (κ2) is 6.88. The summed E-state index contributed by atoms with van der Waals surface area (Å²) in [4.78, 5) is 16.3. The van der Waals surface area contributed by atoms with Crippen molar-refractivity contribution >= 4 is 5.97 Å². The van der Waals surface area contributed by atoms with Gasteiger partial charge < -0.3 is 9.30 Å². The van der Waals surface area contributed by atoms with Gasteiger partial charge in [0, 0.05) is 17.6 Å². The van der Waals surface area contributed by atoms with Crippen molar-refractivity contribution in [1.82, 2.24) is 9.55 Å². The van der Waals surface area contributed by atoms with E-state index in [0.717, 1.165) is 23.5 Å². The van der Waals surface area contributed by atoms with Crippen LogP contribution in [0, 0.1) is 13.8 Å². The van der Waals surface area contributed by atoms with Crippen molar-refractivity contribution in [3.05, 3.63) is 59.7 Å². The average Bonchev–Trinajstić information content (AvgIpc) is 2.79. The molecule has 4 heteroatoms. The number of esters is 1. The van der Waals surface area contributed by atoms with Crippen LogP contribution < -0.4 is 0 Å². The maximum Gasteiger partial charge on any atom is 0.340 e. The number of hydrogen-bond donors (Lipinski definition) is 0. The van der Waals surface area contributed by atoms with E-state index in [1.54, 1.807) is 12.4 Å². The molecule has 2 aromatic rings. The lowest BCUT2D eigenvalue weighted by Gasteiger charge is -2.09. The van der Waals surface area contributed by atoms with Gasteiger partial charge in [-0.3, -0.25) is 4.98 Å². The molecule has 0 aliphatic heterocycles. The number of ether oxygens (including phenoxy) is 1. The van der Waals surface area contributed by atoms with Gasteiger partial charge in [-0.05, 0) is 38.5 Å². The molecule has 110 valence electrons. The van der Waals surface area contributed by atoms with E-state index >= 15 is 0 Å². The second-order valence-corrected chi connectivity index (χ2v) is 4.81. The Morgan fingerprint density at radius 3 is 2.86 bits per heavy atom. The van der Waals surface area contributed by atoms with E-state index in [9.17, 15) is 4.79 Å². The fraction of sp³-hybridized carbons (Fsp3) is 0.294. The molecule has 2 aromatic heterocycles. The third kappa shape index (κ3) is 3.40. The summed E-state index contributed by atoms with van der Waals surface area (Å²) in [5.74, 6) is -0.293. The minimum Gasteiger partial charge on any atom is -0.458 e. The van der Waals surface area contributed by atoms with Crippen LogP contribution >= 0.6 is 0 Å². The Kier molecular flexibility index (Phi) is 4.93. The van der Waals surface area contributed by atoms with E-state index in [-0.39, 0.29) is 5.97 Å². The molecule has 4 nitrogen and oxygen atoms in total. The van der Waals surface area contributed by atoms with Crippen LogP contribution in [0.4, 0.5) is 0 Å². The first-order valence-corrected chi connectivity index (χ1v) is 7.06.